The molecule has 0 spiro atoms. The Morgan fingerprint density at radius 1 is 0.489 bits per heavy atom. The third kappa shape index (κ3) is 34.7. The minimum absolute atomic E-state index is 0.00527. The topological polar surface area (TPSA) is 108 Å². The Morgan fingerprint density at radius 2 is 0.830 bits per heavy atom. The normalized spacial score (nSPS) is 13.4. The fraction of sp³-hybridized carbons (Fsp3) is 0.947. The van der Waals surface area contributed by atoms with E-state index in [1.807, 2.05) is 0 Å². The van der Waals surface area contributed by atoms with Gasteiger partial charge in [0.15, 0.2) is 6.10 Å². The van der Waals surface area contributed by atoms with Crippen molar-refractivity contribution in [2.75, 3.05) is 19.8 Å². The number of phosphoric ester groups is 1. The zero-order valence-corrected chi connectivity index (χ0v) is 31.9. The third-order valence-electron chi connectivity index (χ3n) is 8.66. The summed E-state index contributed by atoms with van der Waals surface area (Å²) < 4.78 is 32.5. The van der Waals surface area contributed by atoms with Crippen LogP contribution < -0.4 is 0 Å². The first-order valence-corrected chi connectivity index (χ1v) is 21.3. The zero-order valence-electron chi connectivity index (χ0n) is 31.0. The second-order valence-corrected chi connectivity index (χ2v) is 14.8. The summed E-state index contributed by atoms with van der Waals surface area (Å²) in [5.41, 5.74) is 0. The van der Waals surface area contributed by atoms with Gasteiger partial charge in [-0.25, -0.2) is 4.57 Å². The van der Waals surface area contributed by atoms with E-state index in [-0.39, 0.29) is 32.2 Å². The van der Waals surface area contributed by atoms with Crippen molar-refractivity contribution in [3.63, 3.8) is 0 Å². The number of esters is 2. The average molecular weight is 691 g/mol. The van der Waals surface area contributed by atoms with E-state index in [4.69, 9.17) is 18.5 Å². The van der Waals surface area contributed by atoms with Gasteiger partial charge in [0.2, 0.25) is 0 Å². The van der Waals surface area contributed by atoms with Gasteiger partial charge in [-0.3, -0.25) is 18.6 Å². The van der Waals surface area contributed by atoms with Crippen molar-refractivity contribution in [3.05, 3.63) is 0 Å². The summed E-state index contributed by atoms with van der Waals surface area (Å²) in [6.07, 6.45) is 33.0. The second kappa shape index (κ2) is 34.9. The SMILES string of the molecule is CCCCCCCCCCCCCCCCCCCCC(=O)OC(COC(=O)CCCCCCCCCCC)COP(=O)(O)OCC. The van der Waals surface area contributed by atoms with Crippen molar-refractivity contribution in [1.82, 2.24) is 0 Å². The maximum Gasteiger partial charge on any atom is 0.472 e. The molecule has 0 radical (unpaired) electrons. The van der Waals surface area contributed by atoms with Gasteiger partial charge >= 0.3 is 19.8 Å². The minimum Gasteiger partial charge on any atom is -0.462 e. The molecule has 47 heavy (non-hydrogen) atoms. The predicted molar refractivity (Wildman–Crippen MR) is 193 cm³/mol. The Kier molecular flexibility index (Phi) is 34.2. The Bertz CT molecular complexity index is 747. The molecule has 0 aromatic heterocycles. The molecule has 0 heterocycles. The fourth-order valence-corrected chi connectivity index (χ4v) is 6.50. The number of phosphoric acid groups is 1. The van der Waals surface area contributed by atoms with Gasteiger partial charge in [-0.15, -0.1) is 0 Å². The highest BCUT2D eigenvalue weighted by Gasteiger charge is 2.25. The molecule has 0 aliphatic rings. The quantitative estimate of drug-likeness (QED) is 0.0390. The number of hydrogen-bond donors (Lipinski definition) is 1. The van der Waals surface area contributed by atoms with E-state index in [9.17, 15) is 19.0 Å². The van der Waals surface area contributed by atoms with E-state index >= 15 is 0 Å². The van der Waals surface area contributed by atoms with Crippen LogP contribution in [0.3, 0.4) is 0 Å². The van der Waals surface area contributed by atoms with Gasteiger partial charge in [-0.2, -0.15) is 0 Å². The van der Waals surface area contributed by atoms with Gasteiger partial charge in [0.1, 0.15) is 6.61 Å². The van der Waals surface area contributed by atoms with E-state index in [0.717, 1.165) is 38.5 Å². The van der Waals surface area contributed by atoms with Crippen LogP contribution in [-0.4, -0.2) is 42.8 Å². The van der Waals surface area contributed by atoms with Crippen molar-refractivity contribution < 1.29 is 37.6 Å². The molecule has 0 aromatic carbocycles. The highest BCUT2D eigenvalue weighted by molar-refractivity contribution is 7.47. The smallest absolute Gasteiger partial charge is 0.462 e. The molecule has 0 amide bonds. The lowest BCUT2D eigenvalue weighted by atomic mass is 10.0. The minimum atomic E-state index is -4.26. The van der Waals surface area contributed by atoms with Crippen molar-refractivity contribution >= 4 is 19.8 Å². The molecule has 0 rings (SSSR count). The first kappa shape index (κ1) is 46.0. The van der Waals surface area contributed by atoms with Crippen LogP contribution in [0.25, 0.3) is 0 Å². The van der Waals surface area contributed by atoms with Gasteiger partial charge in [-0.1, -0.05) is 174 Å². The van der Waals surface area contributed by atoms with Crippen molar-refractivity contribution in [2.45, 2.75) is 213 Å². The molecule has 0 aromatic rings. The van der Waals surface area contributed by atoms with Crippen LogP contribution in [0.15, 0.2) is 0 Å². The largest absolute Gasteiger partial charge is 0.472 e. The van der Waals surface area contributed by atoms with Crippen LogP contribution in [0.1, 0.15) is 207 Å². The maximum absolute atomic E-state index is 12.5. The third-order valence-corrected chi connectivity index (χ3v) is 9.72. The van der Waals surface area contributed by atoms with Crippen LogP contribution in [0, 0.1) is 0 Å². The lowest BCUT2D eigenvalue weighted by Crippen LogP contribution is -2.29. The number of carbonyl (C=O) groups excluding carboxylic acids is 2. The van der Waals surface area contributed by atoms with Gasteiger partial charge in [0.05, 0.1) is 13.2 Å². The highest BCUT2D eigenvalue weighted by atomic mass is 31.2. The number of hydrogen-bond acceptors (Lipinski definition) is 7. The Morgan fingerprint density at radius 3 is 1.19 bits per heavy atom. The van der Waals surface area contributed by atoms with Gasteiger partial charge < -0.3 is 14.4 Å². The molecule has 0 aliphatic carbocycles. The molecule has 2 atom stereocenters. The molecule has 9 heteroatoms. The summed E-state index contributed by atoms with van der Waals surface area (Å²) in [6, 6.07) is 0. The molecule has 280 valence electrons. The van der Waals surface area contributed by atoms with Gasteiger partial charge in [-0.05, 0) is 19.8 Å². The molecule has 0 saturated heterocycles. The summed E-state index contributed by atoms with van der Waals surface area (Å²) >= 11 is 0. The van der Waals surface area contributed by atoms with E-state index < -0.39 is 19.9 Å². The van der Waals surface area contributed by atoms with E-state index in [1.54, 1.807) is 6.92 Å². The van der Waals surface area contributed by atoms with Crippen molar-refractivity contribution in [3.8, 4) is 0 Å². The number of carbonyl (C=O) groups is 2. The van der Waals surface area contributed by atoms with Crippen molar-refractivity contribution in [1.29, 1.82) is 0 Å². The molecular formula is C38H75O8P. The molecule has 0 aliphatic heterocycles. The highest BCUT2D eigenvalue weighted by Crippen LogP contribution is 2.43. The average Bonchev–Trinajstić information content (AvgIpc) is 3.04. The summed E-state index contributed by atoms with van der Waals surface area (Å²) in [7, 11) is -4.26. The van der Waals surface area contributed by atoms with Gasteiger partial charge in [0.25, 0.3) is 0 Å². The van der Waals surface area contributed by atoms with Crippen LogP contribution in [0.5, 0.6) is 0 Å². The van der Waals surface area contributed by atoms with E-state index in [1.165, 1.54) is 135 Å². The van der Waals surface area contributed by atoms with Gasteiger partial charge in [0, 0.05) is 12.8 Å². The number of rotatable bonds is 37. The Balaban J connectivity index is 4.02. The second-order valence-electron chi connectivity index (χ2n) is 13.3. The first-order chi connectivity index (χ1) is 22.8. The zero-order chi connectivity index (χ0) is 34.7. The fourth-order valence-electron chi connectivity index (χ4n) is 5.75. The summed E-state index contributed by atoms with van der Waals surface area (Å²) in [5, 5.41) is 0. The number of unbranched alkanes of at least 4 members (excludes halogenated alkanes) is 25. The van der Waals surface area contributed by atoms with Crippen LogP contribution >= 0.6 is 7.82 Å². The molecule has 0 saturated carbocycles. The first-order valence-electron chi connectivity index (χ1n) is 19.8. The maximum atomic E-state index is 12.5. The van der Waals surface area contributed by atoms with E-state index in [0.29, 0.717) is 6.42 Å². The summed E-state index contributed by atoms with van der Waals surface area (Å²) in [6.45, 7) is 5.47. The van der Waals surface area contributed by atoms with E-state index in [2.05, 4.69) is 13.8 Å². The summed E-state index contributed by atoms with van der Waals surface area (Å²) in [5.74, 6) is -0.788. The molecular weight excluding hydrogens is 615 g/mol. The van der Waals surface area contributed by atoms with Crippen LogP contribution in [-0.2, 0) is 32.7 Å². The summed E-state index contributed by atoms with van der Waals surface area (Å²) in [4.78, 5) is 34.5. The van der Waals surface area contributed by atoms with Crippen molar-refractivity contribution in [2.24, 2.45) is 0 Å². The molecule has 8 nitrogen and oxygen atoms in total. The lowest BCUT2D eigenvalue weighted by molar-refractivity contribution is -0.161. The standard InChI is InChI=1S/C38H75O8P/c1-4-7-9-11-13-15-16-17-18-19-20-21-22-23-25-27-29-31-33-38(40)46-36(35-45-47(41,42)44-6-3)34-43-37(39)32-30-28-26-24-14-12-10-8-5-2/h36H,4-35H2,1-3H3,(H,41,42). The Hall–Kier alpha value is -0.950. The molecule has 0 bridgehead atoms. The molecule has 2 unspecified atom stereocenters. The van der Waals surface area contributed by atoms with Crippen LogP contribution in [0.4, 0.5) is 0 Å². The Labute approximate surface area is 289 Å². The lowest BCUT2D eigenvalue weighted by Gasteiger charge is -2.19. The monoisotopic (exact) mass is 691 g/mol. The molecule has 1 N–H and O–H groups in total. The number of ether oxygens (including phenoxy) is 2. The molecule has 0 fully saturated rings. The predicted octanol–water partition coefficient (Wildman–Crippen LogP) is 11.9. The van der Waals surface area contributed by atoms with Crippen LogP contribution in [0.2, 0.25) is 0 Å².